The van der Waals surface area contributed by atoms with Crippen LogP contribution < -0.4 is 10.1 Å². The van der Waals surface area contributed by atoms with Gasteiger partial charge in [-0.3, -0.25) is 0 Å². The van der Waals surface area contributed by atoms with Gasteiger partial charge in [0.05, 0.1) is 17.2 Å². The normalized spacial score (nSPS) is 17.2. The number of benzene rings is 1. The molecule has 1 aliphatic carbocycles. The third kappa shape index (κ3) is 3.90. The number of anilines is 2. The van der Waals surface area contributed by atoms with Gasteiger partial charge in [0.25, 0.3) is 0 Å². The topological polar surface area (TPSA) is 47.0 Å². The van der Waals surface area contributed by atoms with Crippen LogP contribution in [-0.2, 0) is 0 Å². The molecule has 3 aromatic rings. The van der Waals surface area contributed by atoms with Crippen LogP contribution in [0.2, 0.25) is 0 Å². The highest BCUT2D eigenvalue weighted by Crippen LogP contribution is 2.39. The molecule has 1 aromatic carbocycles. The van der Waals surface area contributed by atoms with Crippen LogP contribution in [0.25, 0.3) is 10.2 Å². The Morgan fingerprint density at radius 3 is 2.78 bits per heavy atom. The molecule has 27 heavy (non-hydrogen) atoms. The number of aryl methyl sites for hydroxylation is 1. The summed E-state index contributed by atoms with van der Waals surface area (Å²) in [5.41, 5.74) is 2.22. The number of fused-ring (bicyclic) bond motifs is 1. The Morgan fingerprint density at radius 2 is 2.00 bits per heavy atom. The molecule has 1 saturated carbocycles. The largest absolute Gasteiger partial charge is 0.488 e. The highest BCUT2D eigenvalue weighted by molar-refractivity contribution is 7.17. The number of rotatable bonds is 4. The van der Waals surface area contributed by atoms with Gasteiger partial charge in [0, 0.05) is 6.07 Å². The molecule has 0 aliphatic heterocycles. The molecule has 142 valence electrons. The summed E-state index contributed by atoms with van der Waals surface area (Å²) in [7, 11) is 0. The number of ether oxygens (including phenoxy) is 1. The molecule has 0 unspecified atom stereocenters. The van der Waals surface area contributed by atoms with Crippen LogP contribution in [-0.4, -0.2) is 16.1 Å². The lowest BCUT2D eigenvalue weighted by atomic mass is 9.76. The Balaban J connectivity index is 1.61. The summed E-state index contributed by atoms with van der Waals surface area (Å²) in [6, 6.07) is 4.62. The van der Waals surface area contributed by atoms with Crippen molar-refractivity contribution in [3.63, 3.8) is 0 Å². The molecule has 4 rings (SSSR count). The number of thiophene rings is 1. The summed E-state index contributed by atoms with van der Waals surface area (Å²) in [5, 5.41) is 6.40. The minimum Gasteiger partial charge on any atom is -0.488 e. The molecule has 1 aliphatic rings. The van der Waals surface area contributed by atoms with Gasteiger partial charge in [0.1, 0.15) is 28.5 Å². The van der Waals surface area contributed by atoms with Crippen molar-refractivity contribution in [3.05, 3.63) is 41.3 Å². The number of hydrogen-bond donors (Lipinski definition) is 1. The number of halogens is 1. The highest BCUT2D eigenvalue weighted by atomic mass is 32.1. The van der Waals surface area contributed by atoms with Crippen LogP contribution in [0, 0.1) is 18.2 Å². The predicted molar refractivity (Wildman–Crippen MR) is 108 cm³/mol. The Hall–Kier alpha value is -2.21. The second-order valence-corrected chi connectivity index (χ2v) is 8.93. The summed E-state index contributed by atoms with van der Waals surface area (Å²) in [6.45, 7) is 6.63. The first-order chi connectivity index (χ1) is 12.9. The van der Waals surface area contributed by atoms with E-state index in [1.165, 1.54) is 12.1 Å². The van der Waals surface area contributed by atoms with E-state index < -0.39 is 0 Å². The monoisotopic (exact) mass is 385 g/mol. The van der Waals surface area contributed by atoms with E-state index >= 15 is 0 Å². The maximum atomic E-state index is 13.9. The quantitative estimate of drug-likeness (QED) is 0.578. The van der Waals surface area contributed by atoms with Crippen LogP contribution >= 0.6 is 11.3 Å². The first-order valence-electron chi connectivity index (χ1n) is 9.33. The molecule has 6 heteroatoms. The van der Waals surface area contributed by atoms with Crippen molar-refractivity contribution >= 4 is 33.1 Å². The molecule has 1 N–H and O–H groups in total. The van der Waals surface area contributed by atoms with Gasteiger partial charge >= 0.3 is 0 Å². The van der Waals surface area contributed by atoms with Gasteiger partial charge in [0.2, 0.25) is 0 Å². The Labute approximate surface area is 162 Å². The van der Waals surface area contributed by atoms with Gasteiger partial charge in [-0.1, -0.05) is 13.8 Å². The van der Waals surface area contributed by atoms with E-state index in [0.717, 1.165) is 53.0 Å². The maximum absolute atomic E-state index is 13.9. The zero-order chi connectivity index (χ0) is 19.0. The Kier molecular flexibility index (Phi) is 4.76. The fraction of sp³-hybridized carbons (Fsp3) is 0.429. The third-order valence-electron chi connectivity index (χ3n) is 5.33. The Bertz CT molecular complexity index is 959. The van der Waals surface area contributed by atoms with E-state index in [9.17, 15) is 4.39 Å². The molecule has 0 radical (unpaired) electrons. The molecule has 0 bridgehead atoms. The second kappa shape index (κ2) is 7.08. The molecule has 0 spiro atoms. The summed E-state index contributed by atoms with van der Waals surface area (Å²) in [4.78, 5) is 9.66. The molecule has 0 amide bonds. The second-order valence-electron chi connectivity index (χ2n) is 8.07. The van der Waals surface area contributed by atoms with Crippen molar-refractivity contribution in [2.45, 2.75) is 52.6 Å². The third-order valence-corrected chi connectivity index (χ3v) is 6.33. The summed E-state index contributed by atoms with van der Waals surface area (Å²) < 4.78 is 20.1. The van der Waals surface area contributed by atoms with Gasteiger partial charge in [0.15, 0.2) is 0 Å². The zero-order valence-corrected chi connectivity index (χ0v) is 16.7. The van der Waals surface area contributed by atoms with Crippen molar-refractivity contribution in [2.24, 2.45) is 5.41 Å². The lowest BCUT2D eigenvalue weighted by Gasteiger charge is -2.34. The van der Waals surface area contributed by atoms with Crippen molar-refractivity contribution in [3.8, 4) is 5.75 Å². The van der Waals surface area contributed by atoms with Gasteiger partial charge in [-0.2, -0.15) is 0 Å². The van der Waals surface area contributed by atoms with Crippen molar-refractivity contribution in [1.29, 1.82) is 0 Å². The SMILES string of the molecule is Cc1csc2ncnc(Nc3ccc(F)cc3OC3CCC(C)(C)CC3)c12. The van der Waals surface area contributed by atoms with E-state index in [1.807, 2.05) is 6.92 Å². The number of aromatic nitrogens is 2. The molecule has 2 heterocycles. The summed E-state index contributed by atoms with van der Waals surface area (Å²) in [5.74, 6) is 0.963. The van der Waals surface area contributed by atoms with E-state index in [4.69, 9.17) is 4.74 Å². The van der Waals surface area contributed by atoms with Gasteiger partial charge in [-0.15, -0.1) is 11.3 Å². The fourth-order valence-electron chi connectivity index (χ4n) is 3.61. The standard InChI is InChI=1S/C21H24FN3OS/c1-13-11-27-20-18(13)19(23-12-24-20)25-16-5-4-14(22)10-17(16)26-15-6-8-21(2,3)9-7-15/h4-5,10-12,15H,6-9H2,1-3H3,(H,23,24,25). The molecule has 0 atom stereocenters. The van der Waals surface area contributed by atoms with Crippen LogP contribution in [0.5, 0.6) is 5.75 Å². The lowest BCUT2D eigenvalue weighted by molar-refractivity contribution is 0.0991. The summed E-state index contributed by atoms with van der Waals surface area (Å²) >= 11 is 1.59. The lowest BCUT2D eigenvalue weighted by Crippen LogP contribution is -2.28. The van der Waals surface area contributed by atoms with Gasteiger partial charge in [-0.05, 0) is 61.1 Å². The average molecular weight is 386 g/mol. The molecule has 1 fully saturated rings. The molecular formula is C21H24FN3OS. The van der Waals surface area contributed by atoms with Crippen molar-refractivity contribution in [2.75, 3.05) is 5.32 Å². The Morgan fingerprint density at radius 1 is 1.22 bits per heavy atom. The first kappa shape index (κ1) is 18.2. The minimum atomic E-state index is -0.300. The van der Waals surface area contributed by atoms with Gasteiger partial charge in [-0.25, -0.2) is 14.4 Å². The number of nitrogens with zero attached hydrogens (tertiary/aromatic N) is 2. The molecular weight excluding hydrogens is 361 g/mol. The smallest absolute Gasteiger partial charge is 0.146 e. The van der Waals surface area contributed by atoms with Crippen LogP contribution in [0.1, 0.15) is 45.1 Å². The maximum Gasteiger partial charge on any atom is 0.146 e. The van der Waals surface area contributed by atoms with Crippen LogP contribution in [0.3, 0.4) is 0 Å². The summed E-state index contributed by atoms with van der Waals surface area (Å²) in [6.07, 6.45) is 5.89. The molecule has 0 saturated heterocycles. The zero-order valence-electron chi connectivity index (χ0n) is 15.9. The molecule has 2 aromatic heterocycles. The van der Waals surface area contributed by atoms with E-state index in [0.29, 0.717) is 11.2 Å². The van der Waals surface area contributed by atoms with Crippen LogP contribution in [0.4, 0.5) is 15.9 Å². The van der Waals surface area contributed by atoms with Crippen LogP contribution in [0.15, 0.2) is 29.9 Å². The fourth-order valence-corrected chi connectivity index (χ4v) is 4.50. The molecule has 4 nitrogen and oxygen atoms in total. The van der Waals surface area contributed by atoms with E-state index in [1.54, 1.807) is 23.7 Å². The minimum absolute atomic E-state index is 0.119. The highest BCUT2D eigenvalue weighted by Gasteiger charge is 2.28. The first-order valence-corrected chi connectivity index (χ1v) is 10.2. The van der Waals surface area contributed by atoms with Crippen molar-refractivity contribution < 1.29 is 9.13 Å². The number of nitrogens with one attached hydrogen (secondary N) is 1. The van der Waals surface area contributed by atoms with E-state index in [2.05, 4.69) is 34.5 Å². The predicted octanol–water partition coefficient (Wildman–Crippen LogP) is 6.23. The van der Waals surface area contributed by atoms with Crippen molar-refractivity contribution in [1.82, 2.24) is 9.97 Å². The van der Waals surface area contributed by atoms with Gasteiger partial charge < -0.3 is 10.1 Å². The van der Waals surface area contributed by atoms with E-state index in [-0.39, 0.29) is 11.9 Å². The number of hydrogen-bond acceptors (Lipinski definition) is 5. The average Bonchev–Trinajstić information content (AvgIpc) is 3.01.